The van der Waals surface area contributed by atoms with Crippen LogP contribution in [-0.2, 0) is 0 Å². The minimum absolute atomic E-state index is 0.0739. The lowest BCUT2D eigenvalue weighted by Gasteiger charge is -2.29. The summed E-state index contributed by atoms with van der Waals surface area (Å²) in [6.07, 6.45) is -4.36. The van der Waals surface area contributed by atoms with Crippen LogP contribution in [0.4, 0.5) is 13.2 Å². The summed E-state index contributed by atoms with van der Waals surface area (Å²) in [5.41, 5.74) is -0.0122. The Kier molecular flexibility index (Phi) is 2.90. The largest absolute Gasteiger partial charge is 0.412 e. The molecule has 0 saturated carbocycles. The van der Waals surface area contributed by atoms with Crippen LogP contribution in [0.1, 0.15) is 20.3 Å². The molecule has 0 aliphatic rings. The van der Waals surface area contributed by atoms with E-state index in [2.05, 4.69) is 11.8 Å². The molecular formula is C6H11F3N2. The molecule has 0 aliphatic heterocycles. The molecule has 0 amide bonds. The van der Waals surface area contributed by atoms with Crippen molar-refractivity contribution in [3.05, 3.63) is 0 Å². The summed E-state index contributed by atoms with van der Waals surface area (Å²) < 4.78 is 36.4. The number of nitrogens with one attached hydrogen (secondary N) is 1. The molecule has 5 heteroatoms. The summed E-state index contributed by atoms with van der Waals surface area (Å²) in [4.78, 5) is 0. The van der Waals surface area contributed by atoms with Gasteiger partial charge in [0.15, 0.2) is 0 Å². The van der Waals surface area contributed by atoms with Crippen LogP contribution in [0.15, 0.2) is 5.10 Å². The predicted molar refractivity (Wildman–Crippen MR) is 37.4 cm³/mol. The van der Waals surface area contributed by atoms with Crippen molar-refractivity contribution >= 4 is 6.72 Å². The van der Waals surface area contributed by atoms with Gasteiger partial charge in [0, 0.05) is 6.72 Å². The van der Waals surface area contributed by atoms with E-state index in [0.29, 0.717) is 0 Å². The van der Waals surface area contributed by atoms with E-state index < -0.39 is 11.7 Å². The van der Waals surface area contributed by atoms with Gasteiger partial charge in [0.25, 0.3) is 0 Å². The zero-order valence-corrected chi connectivity index (χ0v) is 6.50. The van der Waals surface area contributed by atoms with E-state index in [1.807, 2.05) is 5.43 Å². The van der Waals surface area contributed by atoms with E-state index in [9.17, 15) is 13.2 Å². The average molecular weight is 168 g/mol. The SMILES string of the molecule is C=NNC(C)(CC)C(F)(F)F. The van der Waals surface area contributed by atoms with E-state index in [4.69, 9.17) is 0 Å². The Bertz CT molecular complexity index is 143. The fourth-order valence-corrected chi connectivity index (χ4v) is 0.517. The molecule has 0 fully saturated rings. The molecule has 0 radical (unpaired) electrons. The topological polar surface area (TPSA) is 24.4 Å². The van der Waals surface area contributed by atoms with Crippen molar-refractivity contribution in [3.63, 3.8) is 0 Å². The third-order valence-corrected chi connectivity index (χ3v) is 1.66. The van der Waals surface area contributed by atoms with Crippen LogP contribution in [0.2, 0.25) is 0 Å². The van der Waals surface area contributed by atoms with Crippen LogP contribution >= 0.6 is 0 Å². The van der Waals surface area contributed by atoms with Gasteiger partial charge in [-0.15, -0.1) is 0 Å². The van der Waals surface area contributed by atoms with Gasteiger partial charge in [-0.05, 0) is 13.3 Å². The third kappa shape index (κ3) is 2.10. The van der Waals surface area contributed by atoms with E-state index in [-0.39, 0.29) is 6.42 Å². The molecule has 0 aromatic rings. The molecule has 1 atom stereocenters. The van der Waals surface area contributed by atoms with Gasteiger partial charge < -0.3 is 0 Å². The minimum atomic E-state index is -4.29. The number of hydrazone groups is 1. The monoisotopic (exact) mass is 168 g/mol. The van der Waals surface area contributed by atoms with Crippen LogP contribution in [0.5, 0.6) is 0 Å². The van der Waals surface area contributed by atoms with E-state index in [1.165, 1.54) is 6.92 Å². The molecule has 1 N–H and O–H groups in total. The Morgan fingerprint density at radius 3 is 2.00 bits per heavy atom. The zero-order valence-electron chi connectivity index (χ0n) is 6.50. The molecule has 0 aromatic heterocycles. The summed E-state index contributed by atoms with van der Waals surface area (Å²) >= 11 is 0. The highest BCUT2D eigenvalue weighted by atomic mass is 19.4. The average Bonchev–Trinajstić information content (AvgIpc) is 1.86. The molecule has 11 heavy (non-hydrogen) atoms. The first-order valence-electron chi connectivity index (χ1n) is 3.17. The van der Waals surface area contributed by atoms with Crippen molar-refractivity contribution in [1.29, 1.82) is 0 Å². The Morgan fingerprint density at radius 2 is 1.91 bits per heavy atom. The lowest BCUT2D eigenvalue weighted by atomic mass is 10.00. The lowest BCUT2D eigenvalue weighted by molar-refractivity contribution is -0.192. The highest BCUT2D eigenvalue weighted by Crippen LogP contribution is 2.32. The van der Waals surface area contributed by atoms with E-state index in [0.717, 1.165) is 6.92 Å². The number of hydrogen-bond donors (Lipinski definition) is 1. The molecule has 0 aromatic carbocycles. The second-order valence-electron chi connectivity index (χ2n) is 2.45. The molecular weight excluding hydrogens is 157 g/mol. The highest BCUT2D eigenvalue weighted by Gasteiger charge is 2.49. The van der Waals surface area contributed by atoms with E-state index >= 15 is 0 Å². The molecule has 0 spiro atoms. The molecule has 0 bridgehead atoms. The summed E-state index contributed by atoms with van der Waals surface area (Å²) in [7, 11) is 0. The van der Waals surface area contributed by atoms with Crippen molar-refractivity contribution in [2.45, 2.75) is 32.0 Å². The normalized spacial score (nSPS) is 17.2. The van der Waals surface area contributed by atoms with Crippen LogP contribution in [0.25, 0.3) is 0 Å². The number of hydrogen-bond acceptors (Lipinski definition) is 2. The Morgan fingerprint density at radius 1 is 1.45 bits per heavy atom. The van der Waals surface area contributed by atoms with Gasteiger partial charge in [-0.2, -0.15) is 18.3 Å². The van der Waals surface area contributed by atoms with Gasteiger partial charge in [-0.25, -0.2) is 0 Å². The van der Waals surface area contributed by atoms with Gasteiger partial charge in [0.2, 0.25) is 0 Å². The summed E-state index contributed by atoms with van der Waals surface area (Å²) in [5, 5.41) is 3.03. The molecule has 0 aliphatic carbocycles. The summed E-state index contributed by atoms with van der Waals surface area (Å²) in [5.74, 6) is 0. The first kappa shape index (κ1) is 10.3. The second-order valence-corrected chi connectivity index (χ2v) is 2.45. The van der Waals surface area contributed by atoms with Gasteiger partial charge in [-0.1, -0.05) is 6.92 Å². The van der Waals surface area contributed by atoms with Crippen molar-refractivity contribution in [3.8, 4) is 0 Å². The summed E-state index contributed by atoms with van der Waals surface area (Å²) in [6, 6.07) is 0. The third-order valence-electron chi connectivity index (χ3n) is 1.66. The first-order chi connectivity index (χ1) is 4.87. The quantitative estimate of drug-likeness (QED) is 0.505. The molecule has 2 nitrogen and oxygen atoms in total. The zero-order chi connectivity index (χ0) is 9.12. The molecule has 66 valence electrons. The van der Waals surface area contributed by atoms with Crippen LogP contribution < -0.4 is 5.43 Å². The fraction of sp³-hybridized carbons (Fsp3) is 0.833. The minimum Gasteiger partial charge on any atom is -0.296 e. The van der Waals surface area contributed by atoms with Crippen LogP contribution in [0, 0.1) is 0 Å². The van der Waals surface area contributed by atoms with Crippen LogP contribution in [0.3, 0.4) is 0 Å². The van der Waals surface area contributed by atoms with Crippen molar-refractivity contribution in [2.24, 2.45) is 5.10 Å². The van der Waals surface area contributed by atoms with Gasteiger partial charge in [-0.3, -0.25) is 5.43 Å². The van der Waals surface area contributed by atoms with Gasteiger partial charge in [0.1, 0.15) is 5.54 Å². The van der Waals surface area contributed by atoms with Crippen LogP contribution in [-0.4, -0.2) is 18.4 Å². The smallest absolute Gasteiger partial charge is 0.296 e. The number of rotatable bonds is 3. The fourth-order valence-electron chi connectivity index (χ4n) is 0.517. The Balaban J connectivity index is 4.45. The molecule has 0 heterocycles. The number of halogens is 3. The first-order valence-corrected chi connectivity index (χ1v) is 3.17. The maximum absolute atomic E-state index is 12.1. The summed E-state index contributed by atoms with van der Waals surface area (Å²) in [6.45, 7) is 5.43. The van der Waals surface area contributed by atoms with Gasteiger partial charge >= 0.3 is 6.18 Å². The predicted octanol–water partition coefficient (Wildman–Crippen LogP) is 1.92. The Labute approximate surface area is 63.5 Å². The maximum atomic E-state index is 12.1. The second kappa shape index (κ2) is 3.11. The Hall–Kier alpha value is -0.740. The molecule has 1 unspecified atom stereocenters. The van der Waals surface area contributed by atoms with E-state index in [1.54, 1.807) is 0 Å². The van der Waals surface area contributed by atoms with Gasteiger partial charge in [0.05, 0.1) is 0 Å². The molecule has 0 rings (SSSR count). The maximum Gasteiger partial charge on any atom is 0.412 e. The van der Waals surface area contributed by atoms with Crippen molar-refractivity contribution in [1.82, 2.24) is 5.43 Å². The van der Waals surface area contributed by atoms with Crippen molar-refractivity contribution in [2.75, 3.05) is 0 Å². The number of nitrogens with zero attached hydrogens (tertiary/aromatic N) is 1. The standard InChI is InChI=1S/C6H11F3N2/c1-4-5(2,11-10-3)6(7,8)9/h11H,3-4H2,1-2H3. The molecule has 0 saturated heterocycles. The highest BCUT2D eigenvalue weighted by molar-refractivity contribution is 5.22. The lowest BCUT2D eigenvalue weighted by Crippen LogP contribution is -2.51. The van der Waals surface area contributed by atoms with Crippen molar-refractivity contribution < 1.29 is 13.2 Å². The number of alkyl halides is 3.